The Morgan fingerprint density at radius 3 is 2.14 bits per heavy atom. The van der Waals surface area contributed by atoms with Crippen molar-refractivity contribution in [1.82, 2.24) is 0 Å². The number of sulfone groups is 1. The van der Waals surface area contributed by atoms with Gasteiger partial charge in [0.15, 0.2) is 9.84 Å². The van der Waals surface area contributed by atoms with E-state index in [2.05, 4.69) is 21.9 Å². The molecule has 192 valence electrons. The van der Waals surface area contributed by atoms with E-state index in [4.69, 9.17) is 0 Å². The Balaban J connectivity index is 1.87. The van der Waals surface area contributed by atoms with Gasteiger partial charge in [0.05, 0.1) is 35.2 Å². The van der Waals surface area contributed by atoms with Gasteiger partial charge in [-0.2, -0.15) is 10.2 Å². The van der Waals surface area contributed by atoms with Crippen molar-refractivity contribution in [2.45, 2.75) is 62.9 Å². The molecule has 1 N–H and O–H groups in total. The molecular weight excluding hydrogens is 466 g/mol. The lowest BCUT2D eigenvalue weighted by Gasteiger charge is -2.22. The summed E-state index contributed by atoms with van der Waals surface area (Å²) in [4.78, 5) is 13.4. The summed E-state index contributed by atoms with van der Waals surface area (Å²) in [5.74, 6) is -0.246. The topological polar surface area (TPSA) is 109 Å². The average Bonchev–Trinajstić information content (AvgIpc) is 2.86. The number of ether oxygens (including phenoxy) is 1. The number of rotatable bonds is 15. The van der Waals surface area contributed by atoms with Crippen LogP contribution in [0.15, 0.2) is 63.7 Å². The Kier molecular flexibility index (Phi) is 11.9. The molecule has 35 heavy (non-hydrogen) atoms. The van der Waals surface area contributed by atoms with Crippen LogP contribution < -0.4 is 4.90 Å². The molecule has 0 saturated carbocycles. The molecule has 0 aliphatic carbocycles. The third-order valence-corrected chi connectivity index (χ3v) is 7.48. The molecule has 0 fully saturated rings. The van der Waals surface area contributed by atoms with Crippen LogP contribution in [0.2, 0.25) is 0 Å². The van der Waals surface area contributed by atoms with E-state index in [9.17, 15) is 18.3 Å². The van der Waals surface area contributed by atoms with Crippen molar-refractivity contribution < 1.29 is 23.1 Å². The number of anilines is 1. The predicted octanol–water partition coefficient (Wildman–Crippen LogP) is 5.60. The second-order valence-corrected chi connectivity index (χ2v) is 10.7. The van der Waals surface area contributed by atoms with Gasteiger partial charge >= 0.3 is 5.97 Å². The number of carbonyl (C=O) groups excluding carboxylic acids is 1. The number of azo groups is 1. The average molecular weight is 504 g/mol. The molecule has 2 aromatic rings. The maximum absolute atomic E-state index is 12.5. The summed E-state index contributed by atoms with van der Waals surface area (Å²) in [5, 5.41) is 18.5. The molecule has 0 aliphatic rings. The van der Waals surface area contributed by atoms with E-state index in [0.717, 1.165) is 24.9 Å². The van der Waals surface area contributed by atoms with Crippen molar-refractivity contribution in [2.75, 3.05) is 31.4 Å². The Hall–Kier alpha value is -2.78. The fourth-order valence-electron chi connectivity index (χ4n) is 3.52. The number of hydrogen-bond donors (Lipinski definition) is 1. The molecule has 2 aromatic carbocycles. The van der Waals surface area contributed by atoms with Crippen molar-refractivity contribution in [1.29, 1.82) is 0 Å². The highest BCUT2D eigenvalue weighted by Crippen LogP contribution is 2.24. The van der Waals surface area contributed by atoms with E-state index in [1.165, 1.54) is 7.11 Å². The molecule has 0 radical (unpaired) electrons. The minimum absolute atomic E-state index is 0.0332. The normalized spacial score (nSPS) is 12.6. The lowest BCUT2D eigenvalue weighted by molar-refractivity contribution is -0.140. The second-order valence-electron chi connectivity index (χ2n) is 8.59. The molecule has 0 heterocycles. The number of benzene rings is 2. The van der Waals surface area contributed by atoms with Crippen LogP contribution in [0, 0.1) is 0 Å². The lowest BCUT2D eigenvalue weighted by atomic mass is 10.1. The number of unbranched alkanes of at least 4 members (excludes halogenated alkanes) is 3. The molecule has 1 atom stereocenters. The molecule has 2 rings (SSSR count). The van der Waals surface area contributed by atoms with Gasteiger partial charge < -0.3 is 14.7 Å². The van der Waals surface area contributed by atoms with Gasteiger partial charge in [0.1, 0.15) is 0 Å². The van der Waals surface area contributed by atoms with Gasteiger partial charge in [-0.3, -0.25) is 4.79 Å². The maximum Gasteiger partial charge on any atom is 0.305 e. The summed E-state index contributed by atoms with van der Waals surface area (Å²) in [6, 6.07) is 13.9. The monoisotopic (exact) mass is 503 g/mol. The van der Waals surface area contributed by atoms with E-state index < -0.39 is 9.84 Å². The first-order chi connectivity index (χ1) is 16.7. The van der Waals surface area contributed by atoms with Gasteiger partial charge in [-0.25, -0.2) is 8.42 Å². The molecule has 0 bridgehead atoms. The third kappa shape index (κ3) is 10.2. The van der Waals surface area contributed by atoms with Crippen LogP contribution >= 0.6 is 0 Å². The number of nitrogens with zero attached hydrogens (tertiary/aromatic N) is 3. The minimum Gasteiger partial charge on any atom is -0.469 e. The molecule has 9 heteroatoms. The van der Waals surface area contributed by atoms with Crippen molar-refractivity contribution in [3.8, 4) is 0 Å². The van der Waals surface area contributed by atoms with E-state index in [1.807, 2.05) is 36.2 Å². The number of carbonyl (C=O) groups is 1. The van der Waals surface area contributed by atoms with Gasteiger partial charge in [-0.05, 0) is 67.8 Å². The van der Waals surface area contributed by atoms with Crippen LogP contribution in [0.25, 0.3) is 0 Å². The largest absolute Gasteiger partial charge is 0.469 e. The number of likely N-dealkylation sites (N-methyl/N-ethyl adjacent to an activating group) is 1. The smallest absolute Gasteiger partial charge is 0.305 e. The molecule has 0 amide bonds. The van der Waals surface area contributed by atoms with Crippen LogP contribution in [0.3, 0.4) is 0 Å². The lowest BCUT2D eigenvalue weighted by Crippen LogP contribution is -2.28. The van der Waals surface area contributed by atoms with Gasteiger partial charge in [0.25, 0.3) is 0 Å². The highest BCUT2D eigenvalue weighted by Gasteiger charge is 2.14. The first-order valence-corrected chi connectivity index (χ1v) is 13.7. The maximum atomic E-state index is 12.5. The zero-order valence-electron chi connectivity index (χ0n) is 20.9. The summed E-state index contributed by atoms with van der Waals surface area (Å²) >= 11 is 0. The summed E-state index contributed by atoms with van der Waals surface area (Å²) in [5.41, 5.74) is 2.22. The zero-order valence-corrected chi connectivity index (χ0v) is 21.7. The Bertz CT molecular complexity index is 1040. The fourth-order valence-corrected chi connectivity index (χ4v) is 4.89. The third-order valence-electron chi connectivity index (χ3n) is 5.66. The number of esters is 1. The predicted molar refractivity (Wildman–Crippen MR) is 138 cm³/mol. The van der Waals surface area contributed by atoms with E-state index >= 15 is 0 Å². The first-order valence-electron chi connectivity index (χ1n) is 12.1. The quantitative estimate of drug-likeness (QED) is 0.193. The van der Waals surface area contributed by atoms with Crippen molar-refractivity contribution in [2.24, 2.45) is 10.2 Å². The number of hydrogen-bond acceptors (Lipinski definition) is 8. The van der Waals surface area contributed by atoms with Crippen LogP contribution in [-0.2, 0) is 19.4 Å². The Labute approximate surface area is 208 Å². The van der Waals surface area contributed by atoms with E-state index in [-0.39, 0.29) is 22.7 Å². The highest BCUT2D eigenvalue weighted by atomic mass is 32.2. The molecular formula is C26H37N3O5S. The van der Waals surface area contributed by atoms with Gasteiger partial charge in [-0.1, -0.05) is 26.2 Å². The Morgan fingerprint density at radius 2 is 1.57 bits per heavy atom. The molecule has 8 nitrogen and oxygen atoms in total. The SMILES string of the molecule is CCCCC(O)CN(C)c1ccc(/N=N/c2ccc(S(=O)(=O)CCCCCC(=O)OC)cc2)cc1. The number of aliphatic hydroxyl groups excluding tert-OH is 1. The van der Waals surface area contributed by atoms with Crippen LogP contribution in [0.5, 0.6) is 0 Å². The van der Waals surface area contributed by atoms with Crippen LogP contribution in [-0.4, -0.2) is 52.1 Å². The summed E-state index contributed by atoms with van der Waals surface area (Å²) in [6.45, 7) is 2.68. The molecule has 0 spiro atoms. The van der Waals surface area contributed by atoms with E-state index in [0.29, 0.717) is 43.6 Å². The standard InChI is InChI=1S/C26H37N3O5S/c1-4-5-9-24(30)20-29(2)23-15-11-21(12-16-23)27-28-22-13-17-25(18-14-22)35(32,33)19-8-6-7-10-26(31)34-3/h11-18,24,30H,4-10,19-20H2,1-3H3/b28-27+. The molecule has 1 unspecified atom stereocenters. The molecule has 0 saturated heterocycles. The Morgan fingerprint density at radius 1 is 0.971 bits per heavy atom. The van der Waals surface area contributed by atoms with Gasteiger partial charge in [-0.15, -0.1) is 0 Å². The summed E-state index contributed by atoms with van der Waals surface area (Å²) < 4.78 is 29.6. The minimum atomic E-state index is -3.39. The summed E-state index contributed by atoms with van der Waals surface area (Å²) in [7, 11) is -0.0988. The summed E-state index contributed by atoms with van der Waals surface area (Å²) in [6.07, 6.45) is 4.58. The number of methoxy groups -OCH3 is 1. The van der Waals surface area contributed by atoms with Crippen LogP contribution in [0.4, 0.5) is 17.1 Å². The molecule has 0 aromatic heterocycles. The van der Waals surface area contributed by atoms with Gasteiger partial charge in [0.2, 0.25) is 0 Å². The second kappa shape index (κ2) is 14.6. The fraction of sp³-hybridized carbons (Fsp3) is 0.500. The van der Waals surface area contributed by atoms with Crippen molar-refractivity contribution in [3.63, 3.8) is 0 Å². The highest BCUT2D eigenvalue weighted by molar-refractivity contribution is 7.91. The zero-order chi connectivity index (χ0) is 25.7. The van der Waals surface area contributed by atoms with Crippen LogP contribution in [0.1, 0.15) is 51.9 Å². The van der Waals surface area contributed by atoms with Crippen molar-refractivity contribution >= 4 is 32.9 Å². The van der Waals surface area contributed by atoms with Gasteiger partial charge in [0, 0.05) is 25.7 Å². The van der Waals surface area contributed by atoms with Crippen molar-refractivity contribution in [3.05, 3.63) is 48.5 Å². The first kappa shape index (κ1) is 28.5. The number of aliphatic hydroxyl groups is 1. The van der Waals surface area contributed by atoms with E-state index in [1.54, 1.807) is 24.3 Å². The molecule has 0 aliphatic heterocycles.